The normalized spacial score (nSPS) is 16.2. The van der Waals surface area contributed by atoms with E-state index in [1.807, 2.05) is 40.7 Å². The highest BCUT2D eigenvalue weighted by molar-refractivity contribution is 6.04. The predicted octanol–water partition coefficient (Wildman–Crippen LogP) is 8.72. The maximum absolute atomic E-state index is 12.5. The lowest BCUT2D eigenvalue weighted by Gasteiger charge is -2.33. The second-order valence-corrected chi connectivity index (χ2v) is 9.04. The number of unbranched alkanes of at least 4 members (excludes halogenated alkanes) is 3. The SMILES string of the molecule is CC.CC.CC1=C(C#N)/C(=C(\C#N)C(=O)C(C)(C)C)CC(C)(C)C1.CCCCCC. The topological polar surface area (TPSA) is 64.7 Å². The van der Waals surface area contributed by atoms with Gasteiger partial charge in [0, 0.05) is 5.41 Å². The molecule has 0 aliphatic heterocycles. The number of Topliss-reactive ketones (excluding diaryl/α,β-unsaturated/α-hetero) is 1. The highest BCUT2D eigenvalue weighted by Gasteiger charge is 2.34. The Morgan fingerprint density at radius 1 is 0.967 bits per heavy atom. The summed E-state index contributed by atoms with van der Waals surface area (Å²) in [6.45, 7) is 24.0. The van der Waals surface area contributed by atoms with E-state index < -0.39 is 5.41 Å². The molecule has 0 unspecified atom stereocenters. The van der Waals surface area contributed by atoms with Crippen molar-refractivity contribution in [3.8, 4) is 12.1 Å². The van der Waals surface area contributed by atoms with Crippen LogP contribution >= 0.6 is 0 Å². The monoisotopic (exact) mass is 416 g/mol. The molecule has 0 aromatic heterocycles. The lowest BCUT2D eigenvalue weighted by atomic mass is 9.70. The Kier molecular flexibility index (Phi) is 18.4. The molecule has 30 heavy (non-hydrogen) atoms. The van der Waals surface area contributed by atoms with Crippen molar-refractivity contribution in [2.75, 3.05) is 0 Å². The Bertz CT molecular complexity index is 640. The van der Waals surface area contributed by atoms with E-state index in [9.17, 15) is 15.3 Å². The molecule has 3 nitrogen and oxygen atoms in total. The molecule has 1 rings (SSSR count). The maximum atomic E-state index is 12.5. The summed E-state index contributed by atoms with van der Waals surface area (Å²) in [5.41, 5.74) is 1.63. The number of allylic oxidation sites excluding steroid dienone is 4. The highest BCUT2D eigenvalue weighted by Crippen LogP contribution is 2.43. The zero-order valence-electron chi connectivity index (χ0n) is 22.0. The van der Waals surface area contributed by atoms with Crippen LogP contribution in [0.2, 0.25) is 0 Å². The number of carbonyl (C=O) groups is 1. The van der Waals surface area contributed by atoms with Crippen LogP contribution in [0.4, 0.5) is 0 Å². The summed E-state index contributed by atoms with van der Waals surface area (Å²) < 4.78 is 0. The average molecular weight is 417 g/mol. The quantitative estimate of drug-likeness (QED) is 0.261. The van der Waals surface area contributed by atoms with Crippen molar-refractivity contribution >= 4 is 5.78 Å². The van der Waals surface area contributed by atoms with Crippen molar-refractivity contribution in [2.45, 2.75) is 122 Å². The first kappa shape index (κ1) is 32.8. The fourth-order valence-electron chi connectivity index (χ4n) is 3.20. The summed E-state index contributed by atoms with van der Waals surface area (Å²) >= 11 is 0. The van der Waals surface area contributed by atoms with Crippen molar-refractivity contribution in [1.82, 2.24) is 0 Å². The van der Waals surface area contributed by atoms with Crippen LogP contribution in [0.1, 0.15) is 122 Å². The number of rotatable bonds is 4. The van der Waals surface area contributed by atoms with E-state index in [0.717, 1.165) is 12.0 Å². The van der Waals surface area contributed by atoms with Crippen LogP contribution in [0.25, 0.3) is 0 Å². The molecular formula is C27H48N2O. The van der Waals surface area contributed by atoms with Crippen LogP contribution < -0.4 is 0 Å². The molecule has 0 heterocycles. The number of nitriles is 2. The van der Waals surface area contributed by atoms with Gasteiger partial charge in [-0.1, -0.05) is 107 Å². The van der Waals surface area contributed by atoms with Gasteiger partial charge in [0.05, 0.1) is 11.6 Å². The van der Waals surface area contributed by atoms with Crippen LogP contribution in [-0.2, 0) is 4.79 Å². The van der Waals surface area contributed by atoms with Crippen LogP contribution in [0, 0.1) is 33.5 Å². The van der Waals surface area contributed by atoms with Crippen molar-refractivity contribution in [3.05, 3.63) is 22.3 Å². The fourth-order valence-corrected chi connectivity index (χ4v) is 3.20. The zero-order chi connectivity index (χ0) is 24.5. The first-order chi connectivity index (χ1) is 13.9. The molecule has 0 N–H and O–H groups in total. The summed E-state index contributed by atoms with van der Waals surface area (Å²) in [5, 5.41) is 18.8. The number of nitrogens with zero attached hydrogens (tertiary/aromatic N) is 2. The Morgan fingerprint density at radius 3 is 1.70 bits per heavy atom. The van der Waals surface area contributed by atoms with Gasteiger partial charge in [0.2, 0.25) is 0 Å². The van der Waals surface area contributed by atoms with Gasteiger partial charge >= 0.3 is 0 Å². The Morgan fingerprint density at radius 2 is 1.40 bits per heavy atom. The third-order valence-electron chi connectivity index (χ3n) is 4.52. The highest BCUT2D eigenvalue weighted by atomic mass is 16.1. The molecule has 3 heteroatoms. The minimum absolute atomic E-state index is 0.0277. The van der Waals surface area contributed by atoms with E-state index in [4.69, 9.17) is 0 Å². The van der Waals surface area contributed by atoms with E-state index in [1.54, 1.807) is 20.8 Å². The molecule has 0 aromatic carbocycles. The van der Waals surface area contributed by atoms with Gasteiger partial charge in [0.1, 0.15) is 11.6 Å². The van der Waals surface area contributed by atoms with Crippen molar-refractivity contribution in [2.24, 2.45) is 10.8 Å². The molecule has 172 valence electrons. The van der Waals surface area contributed by atoms with Crippen molar-refractivity contribution in [1.29, 1.82) is 10.5 Å². The molecule has 0 fully saturated rings. The van der Waals surface area contributed by atoms with E-state index in [-0.39, 0.29) is 16.8 Å². The van der Waals surface area contributed by atoms with Crippen molar-refractivity contribution in [3.63, 3.8) is 0 Å². The molecule has 0 radical (unpaired) electrons. The molecule has 0 amide bonds. The number of hydrogen-bond donors (Lipinski definition) is 0. The van der Waals surface area contributed by atoms with Crippen molar-refractivity contribution < 1.29 is 4.79 Å². The molecule has 1 aliphatic carbocycles. The maximum Gasteiger partial charge on any atom is 0.178 e. The van der Waals surface area contributed by atoms with Crippen LogP contribution in [0.3, 0.4) is 0 Å². The lowest BCUT2D eigenvalue weighted by molar-refractivity contribution is -0.122. The molecule has 1 aliphatic rings. The number of carbonyl (C=O) groups excluding carboxylic acids is 1. The Labute approximate surface area is 188 Å². The van der Waals surface area contributed by atoms with Gasteiger partial charge in [0.15, 0.2) is 5.78 Å². The molecule has 0 spiro atoms. The van der Waals surface area contributed by atoms with E-state index in [2.05, 4.69) is 33.8 Å². The minimum atomic E-state index is -0.617. The van der Waals surface area contributed by atoms with E-state index in [1.165, 1.54) is 25.7 Å². The number of ketones is 1. The summed E-state index contributed by atoms with van der Waals surface area (Å²) in [7, 11) is 0. The first-order valence-electron chi connectivity index (χ1n) is 11.7. The lowest BCUT2D eigenvalue weighted by Crippen LogP contribution is -2.26. The largest absolute Gasteiger partial charge is 0.293 e. The minimum Gasteiger partial charge on any atom is -0.293 e. The van der Waals surface area contributed by atoms with Crippen LogP contribution in [0.5, 0.6) is 0 Å². The van der Waals surface area contributed by atoms with Gasteiger partial charge in [-0.25, -0.2) is 0 Å². The first-order valence-corrected chi connectivity index (χ1v) is 11.7. The second kappa shape index (κ2) is 16.9. The molecule has 0 saturated heterocycles. The Hall–Kier alpha value is -1.87. The molecule has 0 atom stereocenters. The summed E-state index contributed by atoms with van der Waals surface area (Å²) in [4.78, 5) is 12.5. The predicted molar refractivity (Wildman–Crippen MR) is 131 cm³/mol. The van der Waals surface area contributed by atoms with Gasteiger partial charge in [-0.3, -0.25) is 4.79 Å². The van der Waals surface area contributed by atoms with Gasteiger partial charge in [0.25, 0.3) is 0 Å². The zero-order valence-corrected chi connectivity index (χ0v) is 22.0. The number of hydrogen-bond acceptors (Lipinski definition) is 3. The van der Waals surface area contributed by atoms with Crippen LogP contribution in [-0.4, -0.2) is 5.78 Å². The third-order valence-corrected chi connectivity index (χ3v) is 4.52. The summed E-state index contributed by atoms with van der Waals surface area (Å²) in [6, 6.07) is 4.23. The smallest absolute Gasteiger partial charge is 0.178 e. The molecule has 0 saturated carbocycles. The average Bonchev–Trinajstić information content (AvgIpc) is 2.69. The van der Waals surface area contributed by atoms with Crippen LogP contribution in [0.15, 0.2) is 22.3 Å². The Balaban J connectivity index is -0.000000616. The molecular weight excluding hydrogens is 368 g/mol. The molecule has 0 bridgehead atoms. The summed E-state index contributed by atoms with van der Waals surface area (Å²) in [6.07, 6.45) is 6.95. The summed E-state index contributed by atoms with van der Waals surface area (Å²) in [5.74, 6) is -0.187. The van der Waals surface area contributed by atoms with E-state index in [0.29, 0.717) is 17.6 Å². The van der Waals surface area contributed by atoms with Gasteiger partial charge in [-0.2, -0.15) is 10.5 Å². The van der Waals surface area contributed by atoms with Gasteiger partial charge in [-0.05, 0) is 30.8 Å². The fraction of sp³-hybridized carbons (Fsp3) is 0.741. The third kappa shape index (κ3) is 12.0. The van der Waals surface area contributed by atoms with E-state index >= 15 is 0 Å². The van der Waals surface area contributed by atoms with Gasteiger partial charge in [-0.15, -0.1) is 0 Å². The second-order valence-electron chi connectivity index (χ2n) is 9.04. The van der Waals surface area contributed by atoms with Gasteiger partial charge < -0.3 is 0 Å². The molecule has 0 aromatic rings. The standard InChI is InChI=1S/C17H22N2O.C6H14.2C2H6/c1-11-7-17(5,6)8-12(13(11)9-18)14(10-19)15(20)16(2,3)4;1-3-5-6-4-2;2*1-2/h7-8H2,1-6H3;3-6H2,1-2H3;2*1-2H3/b14-12+;;;.